The highest BCUT2D eigenvalue weighted by Gasteiger charge is 2.25. The molecule has 0 aliphatic heterocycles. The van der Waals surface area contributed by atoms with Gasteiger partial charge >= 0.3 is 0 Å². The first-order valence-corrected chi connectivity index (χ1v) is 6.04. The van der Waals surface area contributed by atoms with Gasteiger partial charge in [-0.25, -0.2) is 0 Å². The minimum absolute atomic E-state index is 0.155. The zero-order valence-corrected chi connectivity index (χ0v) is 10.3. The van der Waals surface area contributed by atoms with Gasteiger partial charge in [-0.1, -0.05) is 12.1 Å². The van der Waals surface area contributed by atoms with Gasteiger partial charge in [0.25, 0.3) is 5.91 Å². The van der Waals surface area contributed by atoms with Crippen LogP contribution in [-0.2, 0) is 4.79 Å². The van der Waals surface area contributed by atoms with E-state index < -0.39 is 6.04 Å². The highest BCUT2D eigenvalue weighted by atomic mass is 16.2. The third-order valence-corrected chi connectivity index (χ3v) is 2.76. The molecule has 0 radical (unpaired) electrons. The lowest BCUT2D eigenvalue weighted by Crippen LogP contribution is -2.33. The van der Waals surface area contributed by atoms with Gasteiger partial charge in [-0.05, 0) is 31.9 Å². The molecule has 1 fully saturated rings. The maximum absolute atomic E-state index is 12.0. The lowest BCUT2D eigenvalue weighted by Gasteiger charge is -2.12. The Morgan fingerprint density at radius 2 is 2.00 bits per heavy atom. The molecule has 0 unspecified atom stereocenters. The molecular weight excluding hydrogens is 230 g/mol. The molecule has 5 nitrogen and oxygen atoms in total. The zero-order valence-electron chi connectivity index (χ0n) is 10.3. The zero-order chi connectivity index (χ0) is 13.1. The second kappa shape index (κ2) is 5.18. The summed E-state index contributed by atoms with van der Waals surface area (Å²) in [5, 5.41) is 5.55. The van der Waals surface area contributed by atoms with Crippen LogP contribution in [0.2, 0.25) is 0 Å². The van der Waals surface area contributed by atoms with Crippen LogP contribution in [0.5, 0.6) is 0 Å². The van der Waals surface area contributed by atoms with Gasteiger partial charge in [0.1, 0.15) is 0 Å². The van der Waals surface area contributed by atoms with Crippen molar-refractivity contribution in [1.29, 1.82) is 0 Å². The summed E-state index contributed by atoms with van der Waals surface area (Å²) in [6.45, 7) is 1.60. The fourth-order valence-corrected chi connectivity index (χ4v) is 1.53. The van der Waals surface area contributed by atoms with Gasteiger partial charge in [0, 0.05) is 6.04 Å². The van der Waals surface area contributed by atoms with E-state index in [1.54, 1.807) is 31.2 Å². The number of hydrogen-bond donors (Lipinski definition) is 3. The molecule has 0 heterocycles. The van der Waals surface area contributed by atoms with E-state index in [0.29, 0.717) is 11.3 Å². The summed E-state index contributed by atoms with van der Waals surface area (Å²) in [5.74, 6) is -0.459. The van der Waals surface area contributed by atoms with Crippen LogP contribution in [0, 0.1) is 0 Å². The van der Waals surface area contributed by atoms with Gasteiger partial charge in [-0.3, -0.25) is 9.59 Å². The number of para-hydroxylation sites is 1. The van der Waals surface area contributed by atoms with Crippen LogP contribution >= 0.6 is 0 Å². The molecular formula is C13H17N3O2. The van der Waals surface area contributed by atoms with Gasteiger partial charge in [-0.15, -0.1) is 0 Å². The number of rotatable bonds is 4. The molecule has 1 saturated carbocycles. The summed E-state index contributed by atoms with van der Waals surface area (Å²) in [7, 11) is 0. The van der Waals surface area contributed by atoms with E-state index in [9.17, 15) is 9.59 Å². The van der Waals surface area contributed by atoms with Gasteiger partial charge in [-0.2, -0.15) is 0 Å². The number of anilines is 1. The van der Waals surface area contributed by atoms with Crippen molar-refractivity contribution in [3.63, 3.8) is 0 Å². The van der Waals surface area contributed by atoms with Crippen LogP contribution < -0.4 is 16.4 Å². The number of hydrogen-bond acceptors (Lipinski definition) is 3. The molecule has 0 aromatic heterocycles. The first-order valence-electron chi connectivity index (χ1n) is 6.04. The van der Waals surface area contributed by atoms with E-state index in [2.05, 4.69) is 10.6 Å². The Morgan fingerprint density at radius 1 is 1.33 bits per heavy atom. The van der Waals surface area contributed by atoms with E-state index in [0.717, 1.165) is 12.8 Å². The molecule has 1 aliphatic rings. The van der Waals surface area contributed by atoms with Gasteiger partial charge in [0.2, 0.25) is 5.91 Å². The van der Waals surface area contributed by atoms with Crippen molar-refractivity contribution in [1.82, 2.24) is 5.32 Å². The van der Waals surface area contributed by atoms with Crippen LogP contribution in [-0.4, -0.2) is 23.9 Å². The second-order valence-corrected chi connectivity index (χ2v) is 4.57. The van der Waals surface area contributed by atoms with Gasteiger partial charge < -0.3 is 16.4 Å². The van der Waals surface area contributed by atoms with Crippen molar-refractivity contribution >= 4 is 17.5 Å². The molecule has 2 rings (SSSR count). The van der Waals surface area contributed by atoms with Gasteiger partial charge in [0.15, 0.2) is 0 Å². The number of nitrogens with two attached hydrogens (primary N) is 1. The smallest absolute Gasteiger partial charge is 0.253 e. The van der Waals surface area contributed by atoms with Crippen molar-refractivity contribution in [3.8, 4) is 0 Å². The fraction of sp³-hybridized carbons (Fsp3) is 0.385. The molecule has 96 valence electrons. The first-order chi connectivity index (χ1) is 8.58. The maximum atomic E-state index is 12.0. The van der Waals surface area contributed by atoms with Crippen molar-refractivity contribution in [2.45, 2.75) is 31.8 Å². The largest absolute Gasteiger partial charge is 0.349 e. The van der Waals surface area contributed by atoms with E-state index in [4.69, 9.17) is 5.73 Å². The minimum atomic E-state index is -0.607. The fourth-order valence-electron chi connectivity index (χ4n) is 1.53. The third-order valence-electron chi connectivity index (χ3n) is 2.76. The monoisotopic (exact) mass is 247 g/mol. The van der Waals surface area contributed by atoms with Crippen LogP contribution in [0.1, 0.15) is 30.1 Å². The van der Waals surface area contributed by atoms with E-state index in [1.165, 1.54) is 0 Å². The molecule has 1 atom stereocenters. The minimum Gasteiger partial charge on any atom is -0.349 e. The summed E-state index contributed by atoms with van der Waals surface area (Å²) >= 11 is 0. The Morgan fingerprint density at radius 3 is 2.61 bits per heavy atom. The number of amides is 2. The highest BCUT2D eigenvalue weighted by molar-refractivity contribution is 6.04. The molecule has 0 spiro atoms. The highest BCUT2D eigenvalue weighted by Crippen LogP contribution is 2.21. The number of nitrogens with one attached hydrogen (secondary N) is 2. The molecule has 18 heavy (non-hydrogen) atoms. The quantitative estimate of drug-likeness (QED) is 0.738. The molecule has 4 N–H and O–H groups in total. The van der Waals surface area contributed by atoms with Crippen molar-refractivity contribution in [2.75, 3.05) is 5.32 Å². The first kappa shape index (κ1) is 12.6. The Bertz CT molecular complexity index is 467. The van der Waals surface area contributed by atoms with Crippen LogP contribution in [0.3, 0.4) is 0 Å². The van der Waals surface area contributed by atoms with Crippen LogP contribution in [0.25, 0.3) is 0 Å². The van der Waals surface area contributed by atoms with E-state index in [1.807, 2.05) is 0 Å². The van der Waals surface area contributed by atoms with Crippen molar-refractivity contribution in [3.05, 3.63) is 29.8 Å². The Labute approximate surface area is 106 Å². The molecule has 5 heteroatoms. The summed E-state index contributed by atoms with van der Waals surface area (Å²) < 4.78 is 0. The standard InChI is InChI=1S/C13H17N3O2/c1-8(14)12(17)16-11-5-3-2-4-10(11)13(18)15-9-6-7-9/h2-5,8-9H,6-7,14H2,1H3,(H,15,18)(H,16,17)/t8-/m1/s1. The van der Waals surface area contributed by atoms with Crippen molar-refractivity contribution in [2.24, 2.45) is 5.73 Å². The lowest BCUT2D eigenvalue weighted by atomic mass is 10.1. The van der Waals surface area contributed by atoms with Crippen LogP contribution in [0.15, 0.2) is 24.3 Å². The summed E-state index contributed by atoms with van der Waals surface area (Å²) in [5.41, 5.74) is 6.46. The normalized spacial score (nSPS) is 15.9. The molecule has 1 aromatic rings. The number of carbonyl (C=O) groups excluding carboxylic acids is 2. The van der Waals surface area contributed by atoms with E-state index in [-0.39, 0.29) is 17.9 Å². The molecule has 0 bridgehead atoms. The number of benzene rings is 1. The van der Waals surface area contributed by atoms with Crippen molar-refractivity contribution < 1.29 is 9.59 Å². The summed E-state index contributed by atoms with van der Waals surface area (Å²) in [6.07, 6.45) is 2.06. The number of carbonyl (C=O) groups is 2. The maximum Gasteiger partial charge on any atom is 0.253 e. The molecule has 1 aromatic carbocycles. The lowest BCUT2D eigenvalue weighted by molar-refractivity contribution is -0.117. The topological polar surface area (TPSA) is 84.2 Å². The average molecular weight is 247 g/mol. The molecule has 1 aliphatic carbocycles. The second-order valence-electron chi connectivity index (χ2n) is 4.57. The molecule has 0 saturated heterocycles. The van der Waals surface area contributed by atoms with Gasteiger partial charge in [0.05, 0.1) is 17.3 Å². The predicted molar refractivity (Wildman–Crippen MR) is 69.2 cm³/mol. The van der Waals surface area contributed by atoms with Crippen LogP contribution in [0.4, 0.5) is 5.69 Å². The predicted octanol–water partition coefficient (Wildman–Crippen LogP) is 0.864. The Kier molecular flexibility index (Phi) is 3.62. The van der Waals surface area contributed by atoms with E-state index >= 15 is 0 Å². The summed E-state index contributed by atoms with van der Waals surface area (Å²) in [6, 6.07) is 6.60. The Balaban J connectivity index is 2.13. The Hall–Kier alpha value is -1.88. The summed E-state index contributed by atoms with van der Waals surface area (Å²) in [4.78, 5) is 23.5. The SMILES string of the molecule is C[C@@H](N)C(=O)Nc1ccccc1C(=O)NC1CC1. The third kappa shape index (κ3) is 3.07. The molecule has 2 amide bonds. The average Bonchev–Trinajstić information content (AvgIpc) is 3.13.